The summed E-state index contributed by atoms with van der Waals surface area (Å²) in [5, 5.41) is 9.71. The summed E-state index contributed by atoms with van der Waals surface area (Å²) >= 11 is 0. The Hall–Kier alpha value is -2.94. The molecule has 3 aromatic rings. The van der Waals surface area contributed by atoms with Crippen molar-refractivity contribution in [3.8, 4) is 11.4 Å². The largest absolute Gasteiger partial charge is 0.443 e. The molecule has 4 heterocycles. The molecule has 1 saturated carbocycles. The van der Waals surface area contributed by atoms with Gasteiger partial charge in [0.1, 0.15) is 5.60 Å². The van der Waals surface area contributed by atoms with E-state index in [1.165, 1.54) is 0 Å². The fraction of sp³-hybridized carbons (Fsp3) is 0.500. The highest BCUT2D eigenvalue weighted by molar-refractivity contribution is 5.83. The van der Waals surface area contributed by atoms with Gasteiger partial charge in [0.15, 0.2) is 0 Å². The Bertz CT molecular complexity index is 1090. The number of likely N-dealkylation sites (tertiary alicyclic amines) is 1. The number of carbonyl (C=O) groups is 1. The summed E-state index contributed by atoms with van der Waals surface area (Å²) in [6, 6.07) is 6.31. The highest BCUT2D eigenvalue weighted by atomic mass is 16.6. The van der Waals surface area contributed by atoms with E-state index in [2.05, 4.69) is 15.2 Å². The van der Waals surface area contributed by atoms with Gasteiger partial charge in [-0.1, -0.05) is 17.3 Å². The highest BCUT2D eigenvalue weighted by Crippen LogP contribution is 2.40. The molecule has 9 nitrogen and oxygen atoms in total. The second-order valence-electron chi connectivity index (χ2n) is 8.43. The molecule has 0 unspecified atom stereocenters. The normalized spacial score (nSPS) is 21.1. The van der Waals surface area contributed by atoms with Crippen LogP contribution in [0.3, 0.4) is 0 Å². The summed E-state index contributed by atoms with van der Waals surface area (Å²) in [4.78, 5) is 18.4. The Morgan fingerprint density at radius 1 is 1.28 bits per heavy atom. The van der Waals surface area contributed by atoms with Crippen molar-refractivity contribution in [3.05, 3.63) is 30.3 Å². The number of hydrogen-bond donors (Lipinski definition) is 0. The Morgan fingerprint density at radius 3 is 2.83 bits per heavy atom. The first kappa shape index (κ1) is 17.0. The highest BCUT2D eigenvalue weighted by Gasteiger charge is 2.45. The van der Waals surface area contributed by atoms with Crippen molar-refractivity contribution < 1.29 is 18.8 Å². The average Bonchev–Trinajstić information content (AvgIpc) is 3.04. The molecular formula is C20H21N5O4. The molecule has 0 atom stereocenters. The molecular weight excluding hydrogens is 374 g/mol. The first-order valence-electron chi connectivity index (χ1n) is 9.95. The molecule has 1 amide bonds. The number of fused-ring (bicyclic) bond motifs is 1. The van der Waals surface area contributed by atoms with Crippen molar-refractivity contribution in [2.24, 2.45) is 0 Å². The topological polar surface area (TPSA) is 95.5 Å². The lowest BCUT2D eigenvalue weighted by atomic mass is 10.0. The molecule has 3 aliphatic rings. The maximum atomic E-state index is 12.1. The molecule has 1 aromatic carbocycles. The van der Waals surface area contributed by atoms with Crippen LogP contribution in [0.15, 0.2) is 28.9 Å². The van der Waals surface area contributed by atoms with Crippen molar-refractivity contribution in [1.82, 2.24) is 24.8 Å². The number of aromatic nitrogens is 4. The fourth-order valence-corrected chi connectivity index (χ4v) is 3.69. The zero-order valence-corrected chi connectivity index (χ0v) is 16.1. The van der Waals surface area contributed by atoms with E-state index >= 15 is 0 Å². The molecule has 150 valence electrons. The smallest absolute Gasteiger partial charge is 0.410 e. The van der Waals surface area contributed by atoms with E-state index in [1.807, 2.05) is 36.0 Å². The summed E-state index contributed by atoms with van der Waals surface area (Å²) in [6.07, 6.45) is 3.50. The van der Waals surface area contributed by atoms with E-state index in [0.717, 1.165) is 29.3 Å². The quantitative estimate of drug-likeness (QED) is 0.670. The van der Waals surface area contributed by atoms with Crippen LogP contribution < -0.4 is 0 Å². The van der Waals surface area contributed by atoms with Crippen molar-refractivity contribution >= 4 is 17.0 Å². The molecule has 1 aliphatic carbocycles. The predicted octanol–water partition coefficient (Wildman–Crippen LogP) is 2.75. The maximum absolute atomic E-state index is 12.1. The van der Waals surface area contributed by atoms with Crippen LogP contribution in [0.2, 0.25) is 0 Å². The molecule has 0 radical (unpaired) electrons. The van der Waals surface area contributed by atoms with Gasteiger partial charge in [0, 0.05) is 24.0 Å². The number of carbonyl (C=O) groups excluding carboxylic acids is 1. The molecule has 2 aliphatic heterocycles. The zero-order valence-electron chi connectivity index (χ0n) is 16.1. The monoisotopic (exact) mass is 395 g/mol. The number of hydrogen-bond acceptors (Lipinski definition) is 7. The van der Waals surface area contributed by atoms with Crippen LogP contribution in [0.5, 0.6) is 0 Å². The van der Waals surface area contributed by atoms with Crippen LogP contribution in [0, 0.1) is 0 Å². The molecule has 9 heteroatoms. The second-order valence-corrected chi connectivity index (χ2v) is 8.43. The third-order valence-corrected chi connectivity index (χ3v) is 6.04. The summed E-state index contributed by atoms with van der Waals surface area (Å²) in [5.74, 6) is 1.16. The van der Waals surface area contributed by atoms with Gasteiger partial charge in [-0.15, -0.1) is 0 Å². The Morgan fingerprint density at radius 2 is 2.10 bits per heavy atom. The van der Waals surface area contributed by atoms with Crippen LogP contribution in [0.25, 0.3) is 22.3 Å². The van der Waals surface area contributed by atoms with Gasteiger partial charge in [0.05, 0.1) is 36.9 Å². The molecule has 3 fully saturated rings. The van der Waals surface area contributed by atoms with E-state index in [4.69, 9.17) is 14.0 Å². The number of rotatable bonds is 4. The van der Waals surface area contributed by atoms with Gasteiger partial charge < -0.3 is 18.9 Å². The predicted molar refractivity (Wildman–Crippen MR) is 101 cm³/mol. The molecule has 0 N–H and O–H groups in total. The van der Waals surface area contributed by atoms with Gasteiger partial charge in [0.25, 0.3) is 0 Å². The first-order chi connectivity index (χ1) is 14.1. The number of ether oxygens (including phenoxy) is 2. The van der Waals surface area contributed by atoms with Gasteiger partial charge in [-0.2, -0.15) is 10.1 Å². The lowest BCUT2D eigenvalue weighted by Gasteiger charge is -2.36. The molecule has 6 rings (SSSR count). The van der Waals surface area contributed by atoms with Gasteiger partial charge in [-0.3, -0.25) is 4.68 Å². The molecule has 0 bridgehead atoms. The molecule has 2 aromatic heterocycles. The molecule has 29 heavy (non-hydrogen) atoms. The number of benzene rings is 1. The zero-order chi connectivity index (χ0) is 19.6. The summed E-state index contributed by atoms with van der Waals surface area (Å²) in [7, 11) is 0. The van der Waals surface area contributed by atoms with Gasteiger partial charge in [0.2, 0.25) is 11.7 Å². The van der Waals surface area contributed by atoms with E-state index in [0.29, 0.717) is 38.0 Å². The first-order valence-corrected chi connectivity index (χ1v) is 9.95. The minimum absolute atomic E-state index is 0.0530. The Balaban J connectivity index is 1.17. The summed E-state index contributed by atoms with van der Waals surface area (Å²) in [5.41, 5.74) is 1.66. The van der Waals surface area contributed by atoms with Crippen molar-refractivity contribution in [2.45, 2.75) is 37.3 Å². The summed E-state index contributed by atoms with van der Waals surface area (Å²) in [6.45, 7) is 4.43. The van der Waals surface area contributed by atoms with E-state index in [-0.39, 0.29) is 23.7 Å². The number of amides is 1. The lowest BCUT2D eigenvalue weighted by Crippen LogP contribution is -2.49. The van der Waals surface area contributed by atoms with Gasteiger partial charge in [-0.25, -0.2) is 4.79 Å². The van der Waals surface area contributed by atoms with E-state index in [1.54, 1.807) is 4.90 Å². The SMILES string of the molecule is CC1(OC(=O)N2CC(c3nc(-c4ccc5cnn(C6COC6)c5c4)no3)C2)CC1. The van der Waals surface area contributed by atoms with Crippen LogP contribution in [-0.4, -0.2) is 62.8 Å². The van der Waals surface area contributed by atoms with Gasteiger partial charge >= 0.3 is 6.09 Å². The van der Waals surface area contributed by atoms with E-state index in [9.17, 15) is 4.79 Å². The van der Waals surface area contributed by atoms with Crippen molar-refractivity contribution in [2.75, 3.05) is 26.3 Å². The van der Waals surface area contributed by atoms with Crippen LogP contribution >= 0.6 is 0 Å². The van der Waals surface area contributed by atoms with Crippen LogP contribution in [0.1, 0.15) is 37.6 Å². The third kappa shape index (κ3) is 2.88. The average molecular weight is 395 g/mol. The second kappa shape index (κ2) is 6.03. The number of nitrogens with zero attached hydrogens (tertiary/aromatic N) is 5. The summed E-state index contributed by atoms with van der Waals surface area (Å²) < 4.78 is 18.3. The Labute approximate surface area is 166 Å². The van der Waals surface area contributed by atoms with E-state index < -0.39 is 0 Å². The molecule has 2 saturated heterocycles. The standard InChI is InChI=1S/C20H21N5O4/c1-20(4-5-20)28-19(26)24-8-14(9-24)18-22-17(23-29-18)12-2-3-13-7-21-25(16(13)6-12)15-10-27-11-15/h2-3,6-7,14-15H,4-5,8-11H2,1H3. The van der Waals surface area contributed by atoms with Crippen LogP contribution in [0.4, 0.5) is 4.79 Å². The van der Waals surface area contributed by atoms with Crippen LogP contribution in [-0.2, 0) is 9.47 Å². The fourth-order valence-electron chi connectivity index (χ4n) is 3.69. The third-order valence-electron chi connectivity index (χ3n) is 6.04. The maximum Gasteiger partial charge on any atom is 0.410 e. The van der Waals surface area contributed by atoms with Crippen molar-refractivity contribution in [1.29, 1.82) is 0 Å². The minimum atomic E-state index is -0.253. The van der Waals surface area contributed by atoms with Crippen molar-refractivity contribution in [3.63, 3.8) is 0 Å². The van der Waals surface area contributed by atoms with Gasteiger partial charge in [-0.05, 0) is 25.8 Å². The lowest BCUT2D eigenvalue weighted by molar-refractivity contribution is -0.0266. The minimum Gasteiger partial charge on any atom is -0.443 e. The molecule has 0 spiro atoms. The Kier molecular flexibility index (Phi) is 3.53.